The fraction of sp³-hybridized carbons (Fsp3) is 0.308. The molecule has 0 atom stereocenters. The van der Waals surface area contributed by atoms with Gasteiger partial charge >= 0.3 is 5.97 Å². The zero-order chi connectivity index (χ0) is 15.4. The van der Waals surface area contributed by atoms with Crippen molar-refractivity contribution in [3.05, 3.63) is 18.2 Å². The molecule has 0 aliphatic heterocycles. The number of benzene rings is 1. The quantitative estimate of drug-likeness (QED) is 0.552. The summed E-state index contributed by atoms with van der Waals surface area (Å²) in [5.41, 5.74) is 0.359. The zero-order valence-electron chi connectivity index (χ0n) is 11.4. The van der Waals surface area contributed by atoms with Crippen LogP contribution in [0.2, 0.25) is 0 Å². The van der Waals surface area contributed by atoms with Crippen LogP contribution in [-0.4, -0.2) is 41.8 Å². The van der Waals surface area contributed by atoms with E-state index >= 15 is 0 Å². The summed E-state index contributed by atoms with van der Waals surface area (Å²) in [5, 5.41) is 36.7. The average Bonchev–Trinajstić information content (AvgIpc) is 2.83. The Bertz CT molecular complexity index is 657. The lowest BCUT2D eigenvalue weighted by atomic mass is 10.1. The van der Waals surface area contributed by atoms with E-state index in [1.54, 1.807) is 16.7 Å². The molecule has 0 aliphatic carbocycles. The van der Waals surface area contributed by atoms with E-state index in [9.17, 15) is 15.0 Å². The van der Waals surface area contributed by atoms with Crippen molar-refractivity contribution in [2.75, 3.05) is 5.75 Å². The smallest absolute Gasteiger partial charge is 0.313 e. The van der Waals surface area contributed by atoms with Gasteiger partial charge in [0.15, 0.2) is 22.5 Å². The molecule has 0 amide bonds. The molecule has 0 aliphatic rings. The van der Waals surface area contributed by atoms with Crippen LogP contribution >= 0.6 is 11.8 Å². The van der Waals surface area contributed by atoms with Crippen molar-refractivity contribution in [1.82, 2.24) is 14.8 Å². The molecular weight excluding hydrogens is 294 g/mol. The number of nitrogens with zero attached hydrogens (tertiary/aromatic N) is 3. The molecule has 0 saturated carbocycles. The van der Waals surface area contributed by atoms with Gasteiger partial charge in [-0.1, -0.05) is 24.8 Å². The highest BCUT2D eigenvalue weighted by molar-refractivity contribution is 7.99. The molecule has 2 aromatic rings. The summed E-state index contributed by atoms with van der Waals surface area (Å²) in [4.78, 5) is 10.7. The van der Waals surface area contributed by atoms with Gasteiger partial charge < -0.3 is 19.9 Å². The first-order chi connectivity index (χ1) is 10.0. The molecule has 7 nitrogen and oxygen atoms in total. The van der Waals surface area contributed by atoms with E-state index in [0.29, 0.717) is 23.1 Å². The largest absolute Gasteiger partial charge is 0.504 e. The SMILES string of the molecule is CCCn1c(SCC(=O)O)nnc1-c1cccc(O)c1O. The molecule has 0 spiro atoms. The molecule has 0 fully saturated rings. The molecule has 0 unspecified atom stereocenters. The average molecular weight is 309 g/mol. The number of aliphatic carboxylic acids is 1. The fourth-order valence-corrected chi connectivity index (χ4v) is 2.54. The van der Waals surface area contributed by atoms with Gasteiger partial charge in [-0.15, -0.1) is 10.2 Å². The molecule has 21 heavy (non-hydrogen) atoms. The summed E-state index contributed by atoms with van der Waals surface area (Å²) in [7, 11) is 0. The Morgan fingerprint density at radius 3 is 2.76 bits per heavy atom. The maximum absolute atomic E-state index is 10.7. The van der Waals surface area contributed by atoms with Gasteiger partial charge in [0.05, 0.1) is 11.3 Å². The predicted octanol–water partition coefficient (Wildman–Crippen LogP) is 1.94. The van der Waals surface area contributed by atoms with Crippen LogP contribution in [0.3, 0.4) is 0 Å². The highest BCUT2D eigenvalue weighted by Crippen LogP contribution is 2.36. The molecule has 112 valence electrons. The van der Waals surface area contributed by atoms with E-state index in [1.165, 1.54) is 6.07 Å². The lowest BCUT2D eigenvalue weighted by molar-refractivity contribution is -0.133. The first-order valence-electron chi connectivity index (χ1n) is 6.33. The normalized spacial score (nSPS) is 10.7. The first kappa shape index (κ1) is 15.2. The van der Waals surface area contributed by atoms with Crippen molar-refractivity contribution < 1.29 is 20.1 Å². The van der Waals surface area contributed by atoms with Gasteiger partial charge in [0.1, 0.15) is 0 Å². The van der Waals surface area contributed by atoms with Crippen LogP contribution in [0.4, 0.5) is 0 Å². The summed E-state index contributed by atoms with van der Waals surface area (Å²) < 4.78 is 1.74. The lowest BCUT2D eigenvalue weighted by Gasteiger charge is -2.09. The maximum atomic E-state index is 10.7. The Hall–Kier alpha value is -2.22. The van der Waals surface area contributed by atoms with E-state index in [1.807, 2.05) is 6.92 Å². The van der Waals surface area contributed by atoms with Crippen LogP contribution in [0.1, 0.15) is 13.3 Å². The van der Waals surface area contributed by atoms with Gasteiger partial charge in [0, 0.05) is 6.54 Å². The third kappa shape index (κ3) is 3.27. The molecule has 3 N–H and O–H groups in total. The minimum absolute atomic E-state index is 0.117. The molecule has 0 bridgehead atoms. The van der Waals surface area contributed by atoms with Gasteiger partial charge in [-0.3, -0.25) is 4.79 Å². The van der Waals surface area contributed by atoms with Gasteiger partial charge in [-0.2, -0.15) is 0 Å². The molecule has 1 heterocycles. The summed E-state index contributed by atoms with van der Waals surface area (Å²) in [6.07, 6.45) is 0.797. The Labute approximate surface area is 125 Å². The first-order valence-corrected chi connectivity index (χ1v) is 7.32. The van der Waals surface area contributed by atoms with Crippen molar-refractivity contribution >= 4 is 17.7 Å². The van der Waals surface area contributed by atoms with Gasteiger partial charge in [0.2, 0.25) is 0 Å². The second kappa shape index (κ2) is 6.49. The summed E-state index contributed by atoms with van der Waals surface area (Å²) in [5.74, 6) is -1.16. The van der Waals surface area contributed by atoms with Crippen LogP contribution in [0.15, 0.2) is 23.4 Å². The van der Waals surface area contributed by atoms with Crippen molar-refractivity contribution in [3.8, 4) is 22.9 Å². The Balaban J connectivity index is 2.43. The van der Waals surface area contributed by atoms with Gasteiger partial charge in [0.25, 0.3) is 0 Å². The van der Waals surface area contributed by atoms with Gasteiger partial charge in [-0.25, -0.2) is 0 Å². The molecule has 2 rings (SSSR count). The number of hydrogen-bond acceptors (Lipinski definition) is 6. The number of phenolic OH excluding ortho intramolecular Hbond substituents is 2. The summed E-state index contributed by atoms with van der Waals surface area (Å²) in [6, 6.07) is 4.59. The highest BCUT2D eigenvalue weighted by atomic mass is 32.2. The lowest BCUT2D eigenvalue weighted by Crippen LogP contribution is -2.04. The number of thioether (sulfide) groups is 1. The number of rotatable bonds is 6. The molecule has 8 heteroatoms. The third-order valence-electron chi connectivity index (χ3n) is 2.74. The van der Waals surface area contributed by atoms with Crippen molar-refractivity contribution in [2.24, 2.45) is 0 Å². The van der Waals surface area contributed by atoms with Crippen molar-refractivity contribution in [3.63, 3.8) is 0 Å². The van der Waals surface area contributed by atoms with Crippen LogP contribution in [0.5, 0.6) is 11.5 Å². The molecule has 0 saturated heterocycles. The third-order valence-corrected chi connectivity index (χ3v) is 3.70. The number of hydrogen-bond donors (Lipinski definition) is 3. The van der Waals surface area contributed by atoms with Crippen LogP contribution in [-0.2, 0) is 11.3 Å². The zero-order valence-corrected chi connectivity index (χ0v) is 12.2. The molecule has 1 aromatic heterocycles. The number of carboxylic acid groups (broad SMARTS) is 1. The predicted molar refractivity (Wildman–Crippen MR) is 77.4 cm³/mol. The van der Waals surface area contributed by atoms with E-state index in [0.717, 1.165) is 18.2 Å². The number of phenols is 2. The highest BCUT2D eigenvalue weighted by Gasteiger charge is 2.18. The summed E-state index contributed by atoms with van der Waals surface area (Å²) in [6.45, 7) is 2.55. The second-order valence-corrected chi connectivity index (χ2v) is 5.26. The number of aromatic hydroxyl groups is 2. The number of aromatic nitrogens is 3. The Morgan fingerprint density at radius 1 is 1.33 bits per heavy atom. The van der Waals surface area contributed by atoms with Crippen molar-refractivity contribution in [1.29, 1.82) is 0 Å². The molecule has 1 aromatic carbocycles. The van der Waals surface area contributed by atoms with Crippen LogP contribution in [0, 0.1) is 0 Å². The molecule has 0 radical (unpaired) electrons. The topological polar surface area (TPSA) is 108 Å². The minimum Gasteiger partial charge on any atom is -0.504 e. The minimum atomic E-state index is -0.937. The Morgan fingerprint density at radius 2 is 2.10 bits per heavy atom. The second-order valence-electron chi connectivity index (χ2n) is 4.31. The number of carbonyl (C=O) groups is 1. The number of carboxylic acids is 1. The van der Waals surface area contributed by atoms with Crippen molar-refractivity contribution in [2.45, 2.75) is 25.0 Å². The van der Waals surface area contributed by atoms with E-state index in [2.05, 4.69) is 10.2 Å². The standard InChI is InChI=1S/C13H15N3O4S/c1-2-6-16-12(8-4-3-5-9(17)11(8)20)14-15-13(16)21-7-10(18)19/h3-5,17,20H,2,6-7H2,1H3,(H,18,19). The van der Waals surface area contributed by atoms with Crippen LogP contribution in [0.25, 0.3) is 11.4 Å². The number of para-hydroxylation sites is 1. The Kier molecular flexibility index (Phi) is 4.69. The maximum Gasteiger partial charge on any atom is 0.313 e. The fourth-order valence-electron chi connectivity index (χ4n) is 1.86. The summed E-state index contributed by atoms with van der Waals surface area (Å²) >= 11 is 1.07. The van der Waals surface area contributed by atoms with E-state index in [4.69, 9.17) is 5.11 Å². The van der Waals surface area contributed by atoms with E-state index < -0.39 is 5.97 Å². The molecular formula is C13H15N3O4S. The monoisotopic (exact) mass is 309 g/mol. The van der Waals surface area contributed by atoms with Gasteiger partial charge in [-0.05, 0) is 18.6 Å². The van der Waals surface area contributed by atoms with E-state index in [-0.39, 0.29) is 17.3 Å². The van der Waals surface area contributed by atoms with Crippen LogP contribution < -0.4 is 0 Å².